The number of sulfonamides is 2. The second-order valence-electron chi connectivity index (χ2n) is 6.13. The van der Waals surface area contributed by atoms with Crippen LogP contribution in [0.2, 0.25) is 0 Å². The van der Waals surface area contributed by atoms with Crippen molar-refractivity contribution in [2.24, 2.45) is 0 Å². The molecule has 28 heavy (non-hydrogen) atoms. The minimum absolute atomic E-state index is 0.0198. The lowest BCUT2D eigenvalue weighted by molar-refractivity contribution is 0.599. The topological polar surface area (TPSA) is 106 Å². The first kappa shape index (κ1) is 20.4. The average molecular weight is 442 g/mol. The van der Waals surface area contributed by atoms with Crippen molar-refractivity contribution in [1.29, 1.82) is 0 Å². The fourth-order valence-electron chi connectivity index (χ4n) is 2.68. The molecule has 0 fully saturated rings. The van der Waals surface area contributed by atoms with Crippen LogP contribution in [0, 0.1) is 0 Å². The van der Waals surface area contributed by atoms with Gasteiger partial charge in [-0.25, -0.2) is 16.8 Å². The molecule has 0 radical (unpaired) electrons. The normalized spacial score (nSPS) is 12.2. The van der Waals surface area contributed by atoms with Crippen LogP contribution in [0.1, 0.15) is 6.92 Å². The van der Waals surface area contributed by atoms with E-state index < -0.39 is 20.0 Å². The number of aromatic nitrogens is 1. The van der Waals surface area contributed by atoms with Crippen molar-refractivity contribution >= 4 is 53.0 Å². The van der Waals surface area contributed by atoms with E-state index in [0.29, 0.717) is 22.4 Å². The van der Waals surface area contributed by atoms with E-state index in [2.05, 4.69) is 4.72 Å². The highest BCUT2D eigenvalue weighted by atomic mass is 32.2. The van der Waals surface area contributed by atoms with Crippen LogP contribution in [0.4, 0.5) is 11.4 Å². The molecule has 0 aliphatic carbocycles. The van der Waals surface area contributed by atoms with Gasteiger partial charge in [-0.2, -0.15) is 0 Å². The van der Waals surface area contributed by atoms with Gasteiger partial charge in [0.2, 0.25) is 10.0 Å². The lowest BCUT2D eigenvalue weighted by Crippen LogP contribution is -2.24. The monoisotopic (exact) mass is 441 g/mol. The molecule has 150 valence electrons. The highest BCUT2D eigenvalue weighted by Gasteiger charge is 2.18. The molecule has 0 aliphatic rings. The summed E-state index contributed by atoms with van der Waals surface area (Å²) < 4.78 is 54.6. The number of rotatable bonds is 6. The van der Waals surface area contributed by atoms with Crippen LogP contribution in [-0.4, -0.2) is 34.7 Å². The van der Waals surface area contributed by atoms with Crippen molar-refractivity contribution in [2.45, 2.75) is 18.4 Å². The predicted molar refractivity (Wildman–Crippen MR) is 112 cm³/mol. The zero-order valence-corrected chi connectivity index (χ0v) is 17.9. The van der Waals surface area contributed by atoms with E-state index in [4.69, 9.17) is 0 Å². The Morgan fingerprint density at radius 1 is 1.11 bits per heavy atom. The third-order valence-electron chi connectivity index (χ3n) is 4.23. The number of aryl methyl sites for hydroxylation is 1. The summed E-state index contributed by atoms with van der Waals surface area (Å²) in [6, 6.07) is 10.6. The summed E-state index contributed by atoms with van der Waals surface area (Å²) in [5.74, 6) is 0. The smallest absolute Gasteiger partial charge is 0.299 e. The fourth-order valence-corrected chi connectivity index (χ4v) is 5.33. The zero-order valence-electron chi connectivity index (χ0n) is 15.4. The maximum absolute atomic E-state index is 12.8. The number of benzene rings is 2. The highest BCUT2D eigenvalue weighted by molar-refractivity contribution is 7.92. The maximum atomic E-state index is 12.8. The Bertz CT molecular complexity index is 1310. The summed E-state index contributed by atoms with van der Waals surface area (Å²) in [6.45, 7) is 2.35. The van der Waals surface area contributed by atoms with E-state index >= 15 is 0 Å². The minimum atomic E-state index is -3.92. The van der Waals surface area contributed by atoms with Crippen molar-refractivity contribution in [3.8, 4) is 0 Å². The Hall–Kier alpha value is -2.37. The second-order valence-corrected chi connectivity index (χ2v) is 10.8. The lowest BCUT2D eigenvalue weighted by atomic mass is 10.3. The van der Waals surface area contributed by atoms with Gasteiger partial charge in [-0.05, 0) is 43.3 Å². The van der Waals surface area contributed by atoms with E-state index in [9.17, 15) is 21.6 Å². The molecule has 0 bridgehead atoms. The van der Waals surface area contributed by atoms with Crippen LogP contribution in [0.15, 0.2) is 52.2 Å². The first-order valence-electron chi connectivity index (χ1n) is 8.23. The van der Waals surface area contributed by atoms with Crippen molar-refractivity contribution in [3.63, 3.8) is 0 Å². The summed E-state index contributed by atoms with van der Waals surface area (Å²) >= 11 is 0.991. The van der Waals surface area contributed by atoms with Crippen LogP contribution >= 0.6 is 11.3 Å². The number of anilines is 2. The molecule has 1 heterocycles. The number of hydrogen-bond donors (Lipinski definition) is 1. The van der Waals surface area contributed by atoms with Crippen LogP contribution in [-0.2, 0) is 26.6 Å². The molecule has 0 saturated carbocycles. The third-order valence-corrected chi connectivity index (χ3v) is 7.75. The number of nitrogens with zero attached hydrogens (tertiary/aromatic N) is 2. The molecular weight excluding hydrogens is 422 g/mol. The van der Waals surface area contributed by atoms with Gasteiger partial charge in [-0.3, -0.25) is 18.4 Å². The summed E-state index contributed by atoms with van der Waals surface area (Å²) in [7, 11) is -6.00. The molecule has 0 unspecified atom stereocenters. The largest absolute Gasteiger partial charge is 0.308 e. The van der Waals surface area contributed by atoms with Crippen molar-refractivity contribution in [2.75, 3.05) is 22.3 Å². The molecule has 1 aromatic heterocycles. The van der Waals surface area contributed by atoms with Gasteiger partial charge in [0.1, 0.15) is 0 Å². The Morgan fingerprint density at radius 2 is 1.82 bits per heavy atom. The molecule has 1 N–H and O–H groups in total. The molecule has 2 aromatic carbocycles. The molecule has 0 atom stereocenters. The average Bonchev–Trinajstić information content (AvgIpc) is 2.94. The zero-order chi connectivity index (χ0) is 20.7. The number of nitrogens with one attached hydrogen (secondary N) is 1. The van der Waals surface area contributed by atoms with Gasteiger partial charge in [0.25, 0.3) is 10.0 Å². The fraction of sp³-hybridized carbons (Fsp3) is 0.235. The third kappa shape index (κ3) is 3.91. The molecule has 3 rings (SSSR count). The molecule has 3 aromatic rings. The quantitative estimate of drug-likeness (QED) is 0.632. The van der Waals surface area contributed by atoms with Crippen molar-refractivity contribution in [1.82, 2.24) is 4.57 Å². The molecule has 0 spiro atoms. The van der Waals surface area contributed by atoms with Gasteiger partial charge >= 0.3 is 4.87 Å². The van der Waals surface area contributed by atoms with E-state index in [1.165, 1.54) is 31.3 Å². The van der Waals surface area contributed by atoms with Crippen LogP contribution < -0.4 is 13.9 Å². The van der Waals surface area contributed by atoms with Gasteiger partial charge in [0, 0.05) is 13.6 Å². The van der Waals surface area contributed by atoms with Crippen LogP contribution in [0.5, 0.6) is 0 Å². The SMILES string of the molecule is CCn1c(=O)sc2cc(S(=O)(=O)Nc3cccc(N(C)S(C)(=O)=O)c3)ccc21. The van der Waals surface area contributed by atoms with E-state index in [1.807, 2.05) is 6.92 Å². The van der Waals surface area contributed by atoms with Gasteiger partial charge in [-0.1, -0.05) is 17.4 Å². The predicted octanol–water partition coefficient (Wildman–Crippen LogP) is 2.28. The van der Waals surface area contributed by atoms with E-state index in [1.54, 1.807) is 22.8 Å². The second kappa shape index (κ2) is 7.22. The van der Waals surface area contributed by atoms with E-state index in [-0.39, 0.29) is 15.5 Å². The molecular formula is C17H19N3O5S3. The van der Waals surface area contributed by atoms with Crippen molar-refractivity contribution < 1.29 is 16.8 Å². The summed E-state index contributed by atoms with van der Waals surface area (Å²) in [4.78, 5) is 11.8. The molecule has 0 aliphatic heterocycles. The lowest BCUT2D eigenvalue weighted by Gasteiger charge is -2.17. The van der Waals surface area contributed by atoms with Crippen LogP contribution in [0.25, 0.3) is 10.2 Å². The number of fused-ring (bicyclic) bond motifs is 1. The Morgan fingerprint density at radius 3 is 2.46 bits per heavy atom. The Labute approximate surface area is 167 Å². The first-order valence-corrected chi connectivity index (χ1v) is 12.4. The number of thiazole rings is 1. The first-order chi connectivity index (χ1) is 13.0. The summed E-state index contributed by atoms with van der Waals surface area (Å²) in [5.41, 5.74) is 1.25. The van der Waals surface area contributed by atoms with Gasteiger partial charge in [0.15, 0.2) is 0 Å². The standard InChI is InChI=1S/C17H19N3O5S3/c1-4-20-15-9-8-14(11-16(15)26-17(20)21)28(24,25)18-12-6-5-7-13(10-12)19(2)27(3,22)23/h5-11,18H,4H2,1-3H3. The van der Waals surface area contributed by atoms with Crippen molar-refractivity contribution in [3.05, 3.63) is 52.1 Å². The minimum Gasteiger partial charge on any atom is -0.299 e. The molecule has 11 heteroatoms. The summed E-state index contributed by atoms with van der Waals surface area (Å²) in [5, 5.41) is 0. The van der Waals surface area contributed by atoms with E-state index in [0.717, 1.165) is 21.9 Å². The Kier molecular flexibility index (Phi) is 5.26. The van der Waals surface area contributed by atoms with Gasteiger partial charge in [-0.15, -0.1) is 0 Å². The highest BCUT2D eigenvalue weighted by Crippen LogP contribution is 2.25. The molecule has 8 nitrogen and oxygen atoms in total. The Balaban J connectivity index is 1.96. The van der Waals surface area contributed by atoms with Gasteiger partial charge < -0.3 is 0 Å². The number of hydrogen-bond acceptors (Lipinski definition) is 6. The summed E-state index contributed by atoms with van der Waals surface area (Å²) in [6.07, 6.45) is 1.06. The van der Waals surface area contributed by atoms with Crippen LogP contribution in [0.3, 0.4) is 0 Å². The molecule has 0 amide bonds. The maximum Gasteiger partial charge on any atom is 0.308 e. The van der Waals surface area contributed by atoms with Gasteiger partial charge in [0.05, 0.1) is 32.7 Å². The molecule has 0 saturated heterocycles.